The maximum atomic E-state index is 12.1. The first-order valence-electron chi connectivity index (χ1n) is 6.20. The molecule has 1 aliphatic rings. The maximum absolute atomic E-state index is 12.1. The molecule has 6 heteroatoms. The molecule has 0 aromatic heterocycles. The molecule has 1 saturated heterocycles. The van der Waals surface area contributed by atoms with Gasteiger partial charge in [-0.05, 0) is 30.5 Å². The van der Waals surface area contributed by atoms with Crippen LogP contribution in [0.2, 0.25) is 0 Å². The van der Waals surface area contributed by atoms with Crippen molar-refractivity contribution in [2.45, 2.75) is 31.9 Å². The molecule has 1 aromatic carbocycles. The molecule has 19 heavy (non-hydrogen) atoms. The van der Waals surface area contributed by atoms with E-state index in [1.165, 1.54) is 12.1 Å². The molecule has 1 unspecified atom stereocenters. The van der Waals surface area contributed by atoms with Crippen molar-refractivity contribution in [3.05, 3.63) is 29.8 Å². The van der Waals surface area contributed by atoms with E-state index in [9.17, 15) is 13.2 Å². The van der Waals surface area contributed by atoms with Crippen LogP contribution in [0, 0.1) is 0 Å². The monoisotopic (exact) mass is 275 g/mol. The van der Waals surface area contributed by atoms with Crippen LogP contribution in [0.25, 0.3) is 0 Å². The summed E-state index contributed by atoms with van der Waals surface area (Å²) in [5, 5.41) is 3.17. The third-order valence-electron chi connectivity index (χ3n) is 2.86. The van der Waals surface area contributed by atoms with E-state index < -0.39 is 6.36 Å². The lowest BCUT2D eigenvalue weighted by Crippen LogP contribution is -2.25. The van der Waals surface area contributed by atoms with Crippen LogP contribution < -0.4 is 10.1 Å². The quantitative estimate of drug-likeness (QED) is 0.896. The van der Waals surface area contributed by atoms with Crippen molar-refractivity contribution in [3.63, 3.8) is 0 Å². The molecule has 1 heterocycles. The summed E-state index contributed by atoms with van der Waals surface area (Å²) in [7, 11) is 0. The summed E-state index contributed by atoms with van der Waals surface area (Å²) >= 11 is 0. The van der Waals surface area contributed by atoms with Crippen LogP contribution in [0.5, 0.6) is 5.75 Å². The van der Waals surface area contributed by atoms with E-state index in [0.29, 0.717) is 13.1 Å². The van der Waals surface area contributed by atoms with Crippen LogP contribution in [0.15, 0.2) is 24.3 Å². The minimum absolute atomic E-state index is 0.191. The highest BCUT2D eigenvalue weighted by molar-refractivity contribution is 5.28. The zero-order chi connectivity index (χ0) is 13.7. The Hall–Kier alpha value is -1.27. The second-order valence-electron chi connectivity index (χ2n) is 4.46. The Bertz CT molecular complexity index is 403. The van der Waals surface area contributed by atoms with E-state index >= 15 is 0 Å². The van der Waals surface area contributed by atoms with Gasteiger partial charge in [0.1, 0.15) is 5.75 Å². The first kappa shape index (κ1) is 14.1. The molecule has 0 bridgehead atoms. The molecule has 0 spiro atoms. The van der Waals surface area contributed by atoms with Gasteiger partial charge in [-0.1, -0.05) is 12.1 Å². The van der Waals surface area contributed by atoms with Gasteiger partial charge in [-0.25, -0.2) is 0 Å². The number of nitrogens with one attached hydrogen (secondary N) is 1. The van der Waals surface area contributed by atoms with E-state index in [-0.39, 0.29) is 11.9 Å². The van der Waals surface area contributed by atoms with Crippen LogP contribution in [-0.4, -0.2) is 25.6 Å². The molecule has 0 amide bonds. The van der Waals surface area contributed by atoms with Crippen LogP contribution in [0.4, 0.5) is 13.2 Å². The fourth-order valence-electron chi connectivity index (χ4n) is 2.04. The summed E-state index contributed by atoms with van der Waals surface area (Å²) < 4.78 is 45.5. The van der Waals surface area contributed by atoms with Crippen molar-refractivity contribution in [2.75, 3.05) is 13.2 Å². The third-order valence-corrected chi connectivity index (χ3v) is 2.86. The SMILES string of the molecule is FC(F)(F)Oc1cccc(CNCC2CCCO2)c1. The van der Waals surface area contributed by atoms with E-state index in [1.54, 1.807) is 12.1 Å². The van der Waals surface area contributed by atoms with Gasteiger partial charge in [-0.3, -0.25) is 0 Å². The lowest BCUT2D eigenvalue weighted by Gasteiger charge is -2.12. The largest absolute Gasteiger partial charge is 0.573 e. The minimum atomic E-state index is -4.65. The standard InChI is InChI=1S/C13H16F3NO2/c14-13(15,16)19-11-4-1-3-10(7-11)8-17-9-12-5-2-6-18-12/h1,3-4,7,12,17H,2,5-6,8-9H2. The number of hydrogen-bond donors (Lipinski definition) is 1. The highest BCUT2D eigenvalue weighted by Gasteiger charge is 2.31. The molecular formula is C13H16F3NO2. The van der Waals surface area contributed by atoms with Gasteiger partial charge in [0.15, 0.2) is 0 Å². The number of alkyl halides is 3. The minimum Gasteiger partial charge on any atom is -0.406 e. The second-order valence-corrected chi connectivity index (χ2v) is 4.46. The van der Waals surface area contributed by atoms with Gasteiger partial charge in [-0.15, -0.1) is 13.2 Å². The van der Waals surface area contributed by atoms with Crippen LogP contribution >= 0.6 is 0 Å². The van der Waals surface area contributed by atoms with Gasteiger partial charge in [0.05, 0.1) is 6.10 Å². The number of ether oxygens (including phenoxy) is 2. The molecule has 0 aliphatic carbocycles. The molecule has 1 atom stereocenters. The Kier molecular flexibility index (Phi) is 4.66. The Morgan fingerprint density at radius 3 is 2.89 bits per heavy atom. The van der Waals surface area contributed by atoms with Gasteiger partial charge >= 0.3 is 6.36 Å². The third kappa shape index (κ3) is 5.08. The molecule has 1 fully saturated rings. The second kappa shape index (κ2) is 6.25. The Morgan fingerprint density at radius 2 is 2.21 bits per heavy atom. The van der Waals surface area contributed by atoms with Crippen molar-refractivity contribution < 1.29 is 22.6 Å². The smallest absolute Gasteiger partial charge is 0.406 e. The average Bonchev–Trinajstić information content (AvgIpc) is 2.80. The summed E-state index contributed by atoms with van der Waals surface area (Å²) in [4.78, 5) is 0. The normalized spacial score (nSPS) is 19.6. The van der Waals surface area contributed by atoms with Crippen LogP contribution in [0.1, 0.15) is 18.4 Å². The highest BCUT2D eigenvalue weighted by atomic mass is 19.4. The van der Waals surface area contributed by atoms with Gasteiger partial charge in [0.2, 0.25) is 0 Å². The molecule has 1 N–H and O–H groups in total. The van der Waals surface area contributed by atoms with Gasteiger partial charge in [0, 0.05) is 19.7 Å². The summed E-state index contributed by atoms with van der Waals surface area (Å²) in [6.07, 6.45) is -2.33. The zero-order valence-electron chi connectivity index (χ0n) is 10.4. The molecular weight excluding hydrogens is 259 g/mol. The van der Waals surface area contributed by atoms with Gasteiger partial charge in [-0.2, -0.15) is 0 Å². The van der Waals surface area contributed by atoms with E-state index in [4.69, 9.17) is 4.74 Å². The van der Waals surface area contributed by atoms with E-state index in [2.05, 4.69) is 10.1 Å². The molecule has 2 rings (SSSR count). The summed E-state index contributed by atoms with van der Waals surface area (Å²) in [5.74, 6) is -0.191. The first-order valence-corrected chi connectivity index (χ1v) is 6.20. The fourth-order valence-corrected chi connectivity index (χ4v) is 2.04. The Balaban J connectivity index is 1.81. The molecule has 1 aromatic rings. The van der Waals surface area contributed by atoms with Crippen molar-refractivity contribution in [1.82, 2.24) is 5.32 Å². The first-order chi connectivity index (χ1) is 9.03. The Labute approximate surface area is 109 Å². The van der Waals surface area contributed by atoms with Crippen molar-refractivity contribution in [3.8, 4) is 5.75 Å². The lowest BCUT2D eigenvalue weighted by molar-refractivity contribution is -0.274. The van der Waals surface area contributed by atoms with E-state index in [1.807, 2.05) is 0 Å². The van der Waals surface area contributed by atoms with Gasteiger partial charge < -0.3 is 14.8 Å². The van der Waals surface area contributed by atoms with E-state index in [0.717, 1.165) is 25.0 Å². The molecule has 0 radical (unpaired) electrons. The summed E-state index contributed by atoms with van der Waals surface area (Å²) in [6.45, 7) is 2.00. The number of benzene rings is 1. The lowest BCUT2D eigenvalue weighted by atomic mass is 10.2. The fraction of sp³-hybridized carbons (Fsp3) is 0.538. The number of halogens is 3. The van der Waals surface area contributed by atoms with Gasteiger partial charge in [0.25, 0.3) is 0 Å². The predicted molar refractivity (Wildman–Crippen MR) is 63.8 cm³/mol. The van der Waals surface area contributed by atoms with Crippen LogP contribution in [-0.2, 0) is 11.3 Å². The predicted octanol–water partition coefficient (Wildman–Crippen LogP) is 2.85. The van der Waals surface area contributed by atoms with Crippen molar-refractivity contribution in [1.29, 1.82) is 0 Å². The topological polar surface area (TPSA) is 30.5 Å². The zero-order valence-corrected chi connectivity index (χ0v) is 10.4. The number of hydrogen-bond acceptors (Lipinski definition) is 3. The molecule has 3 nitrogen and oxygen atoms in total. The maximum Gasteiger partial charge on any atom is 0.573 e. The molecule has 0 saturated carbocycles. The summed E-state index contributed by atoms with van der Waals surface area (Å²) in [6, 6.07) is 5.98. The van der Waals surface area contributed by atoms with Crippen molar-refractivity contribution >= 4 is 0 Å². The molecule has 106 valence electrons. The number of rotatable bonds is 5. The summed E-state index contributed by atoms with van der Waals surface area (Å²) in [5.41, 5.74) is 0.750. The highest BCUT2D eigenvalue weighted by Crippen LogP contribution is 2.23. The van der Waals surface area contributed by atoms with Crippen molar-refractivity contribution in [2.24, 2.45) is 0 Å². The van der Waals surface area contributed by atoms with Crippen LogP contribution in [0.3, 0.4) is 0 Å². The average molecular weight is 275 g/mol. The molecule has 1 aliphatic heterocycles. The Morgan fingerprint density at radius 1 is 1.37 bits per heavy atom.